The second kappa shape index (κ2) is 44.6. The summed E-state index contributed by atoms with van der Waals surface area (Å²) in [6.07, 6.45) is 4.35. The molecule has 32 nitrogen and oxygen atoms in total. The second-order valence-electron chi connectivity index (χ2n) is 28.8. The molecule has 0 unspecified atom stereocenters. The molecule has 12 amide bonds. The first-order valence-electron chi connectivity index (χ1n) is 38.9. The van der Waals surface area contributed by atoms with Gasteiger partial charge in [-0.25, -0.2) is 0 Å². The zero-order chi connectivity index (χ0) is 82.1. The number of benzene rings is 6. The number of hydrogen-bond acceptors (Lipinski definition) is 16. The Bertz CT molecular complexity index is 4080. The molecule has 20 N–H and O–H groups in total. The molecule has 6 aromatic carbocycles. The van der Waals surface area contributed by atoms with Crippen LogP contribution in [0.25, 0.3) is 21.5 Å². The summed E-state index contributed by atoms with van der Waals surface area (Å²) in [4.78, 5) is 172. The summed E-state index contributed by atoms with van der Waals surface area (Å²) >= 11 is 0. The Morgan fingerprint density at radius 2 is 0.719 bits per heavy atom. The van der Waals surface area contributed by atoms with Gasteiger partial charge in [0.05, 0.1) is 13.1 Å². The van der Waals surface area contributed by atoms with Gasteiger partial charge in [-0.05, 0) is 133 Å². The second-order valence-corrected chi connectivity index (χ2v) is 28.8. The summed E-state index contributed by atoms with van der Waals surface area (Å²) in [7, 11) is 0. The Kier molecular flexibility index (Phi) is 34.1. The predicted octanol–water partition coefficient (Wildman–Crippen LogP) is 1.94. The van der Waals surface area contributed by atoms with E-state index < -0.39 is 120 Å². The number of nitrogens with two attached hydrogens (primary N) is 2. The van der Waals surface area contributed by atoms with Crippen LogP contribution >= 0.6 is 0 Å². The van der Waals surface area contributed by atoms with E-state index in [0.717, 1.165) is 21.5 Å². The van der Waals surface area contributed by atoms with Crippen molar-refractivity contribution < 1.29 is 67.7 Å². The first kappa shape index (κ1) is 87.2. The molecule has 8 rings (SSSR count). The zero-order valence-corrected chi connectivity index (χ0v) is 64.5. The summed E-state index contributed by atoms with van der Waals surface area (Å²) in [5.41, 5.74) is 13.6. The standard InChI is InChI=1S/C82H108N18O14/c1-51-73(107)95-63(21-15-39-89-81(83)84)77(111)97-65(47-55-23-29-57-17-7-9-19-59(57)43-55)75(109)91-49-71(105)93-67(45-53-25-31-61(101)32-26-53)79(113)99(51)41-13-5-3-11-37-87-69(103)35-36-70(104)88-38-12-4-6-14-42-100-52(2)74(108)96-64(22-16-40-90-82(85)86)78(112)98-66(48-56-24-30-58-18-8-10-20-60(58)44-56)76(110)92-50-72(106)94-68(80(100)114)46-54-27-33-62(102)34-28-54/h7-10,17-20,23-34,43-44,51-52,63-68,101-102H,3-6,11-16,21-22,35-42,45-50H2,1-2H3,(H,87,103)(H,88,104)(H,91,109)(H,92,110)(H,93,105)(H,94,106)(H,95,107)(H,96,108)(H,97,111)(H,98,112)(H4,83,84,89)(H4,85,86,90)/t51-,52-,63+,64+,65+,66+,67-,68-/m1/s1. The molecule has 8 atom stereocenters. The maximum Gasteiger partial charge on any atom is 0.246 e. The van der Waals surface area contributed by atoms with E-state index in [-0.39, 0.29) is 139 Å². The van der Waals surface area contributed by atoms with E-state index in [1.165, 1.54) is 47.9 Å². The molecular formula is C82H108N18O14. The van der Waals surface area contributed by atoms with Gasteiger partial charge in [0.25, 0.3) is 0 Å². The maximum absolute atomic E-state index is 14.9. The molecule has 2 aliphatic rings. The fraction of sp³-hybridized carbons (Fsp3) is 0.439. The van der Waals surface area contributed by atoms with Gasteiger partial charge in [0.15, 0.2) is 11.9 Å². The van der Waals surface area contributed by atoms with Gasteiger partial charge in [0.1, 0.15) is 59.8 Å². The van der Waals surface area contributed by atoms with E-state index in [2.05, 4.69) is 63.8 Å². The van der Waals surface area contributed by atoms with Crippen LogP contribution in [-0.2, 0) is 83.2 Å². The molecule has 2 heterocycles. The highest BCUT2D eigenvalue weighted by Gasteiger charge is 2.38. The number of fused-ring (bicyclic) bond motifs is 2. The quantitative estimate of drug-likeness (QED) is 0.0159. The lowest BCUT2D eigenvalue weighted by atomic mass is 10.0. The molecule has 0 aromatic heterocycles. The van der Waals surface area contributed by atoms with Crippen LogP contribution in [-0.4, -0.2) is 204 Å². The van der Waals surface area contributed by atoms with Crippen LogP contribution < -0.4 is 75.3 Å². The molecule has 610 valence electrons. The third-order valence-corrected chi connectivity index (χ3v) is 20.0. The predicted molar refractivity (Wildman–Crippen MR) is 429 cm³/mol. The lowest BCUT2D eigenvalue weighted by molar-refractivity contribution is -0.143. The largest absolute Gasteiger partial charge is 0.508 e. The fourth-order valence-electron chi connectivity index (χ4n) is 13.6. The fourth-order valence-corrected chi connectivity index (χ4v) is 13.6. The molecule has 0 saturated carbocycles. The normalized spacial score (nSPS) is 19.8. The van der Waals surface area contributed by atoms with Crippen LogP contribution in [0.5, 0.6) is 11.5 Å². The van der Waals surface area contributed by atoms with Gasteiger partial charge in [-0.3, -0.25) is 68.4 Å². The minimum Gasteiger partial charge on any atom is -0.508 e. The summed E-state index contributed by atoms with van der Waals surface area (Å²) in [6, 6.07) is 28.8. The van der Waals surface area contributed by atoms with Crippen LogP contribution in [0.1, 0.15) is 126 Å². The van der Waals surface area contributed by atoms with Crippen molar-refractivity contribution in [1.82, 2.24) is 73.6 Å². The van der Waals surface area contributed by atoms with E-state index in [0.29, 0.717) is 73.6 Å². The van der Waals surface area contributed by atoms with E-state index in [9.17, 15) is 67.7 Å². The van der Waals surface area contributed by atoms with E-state index in [4.69, 9.17) is 22.3 Å². The number of hydrogen-bond donors (Lipinski definition) is 18. The third kappa shape index (κ3) is 28.4. The van der Waals surface area contributed by atoms with Gasteiger partial charge >= 0.3 is 0 Å². The van der Waals surface area contributed by atoms with Gasteiger partial charge in [-0.1, -0.05) is 135 Å². The number of carbonyl (C=O) groups excluding carboxylic acids is 12. The van der Waals surface area contributed by atoms with Crippen molar-refractivity contribution in [3.05, 3.63) is 156 Å². The van der Waals surface area contributed by atoms with Gasteiger partial charge in [0.2, 0.25) is 70.9 Å². The van der Waals surface area contributed by atoms with Crippen LogP contribution in [0.4, 0.5) is 0 Å². The number of nitrogens with zero attached hydrogens (tertiary/aromatic N) is 2. The average molecular weight is 1570 g/mol. The lowest BCUT2D eigenvalue weighted by Crippen LogP contribution is -2.58. The maximum atomic E-state index is 14.9. The van der Waals surface area contributed by atoms with Gasteiger partial charge in [-0.15, -0.1) is 0 Å². The van der Waals surface area contributed by atoms with Crippen molar-refractivity contribution in [2.75, 3.05) is 52.4 Å². The number of unbranched alkanes of at least 4 members (excludes halogenated alkanes) is 6. The molecule has 0 bridgehead atoms. The number of amides is 12. The summed E-state index contributed by atoms with van der Waals surface area (Å²) in [5, 5.41) is 72.3. The Balaban J connectivity index is 0.826. The SMILES string of the molecule is C[C@@H]1C(=O)N[C@@H](CCCNC(=N)N)C(=O)N[C@@H](Cc2ccc3ccccc3c2)C(=O)NCC(=O)N[C@H](Cc2ccc(O)cc2)C(=O)N1CCCCCCNC(=O)CCC(=O)NCCCCCCN1C(=O)[C@@H](Cc2ccc(O)cc2)NC(=O)CNC(=O)[C@H](Cc2ccc3ccccc3c2)NC(=O)[C@H](CCCNC(=N)N)NC(=O)[C@H]1C. The first-order valence-corrected chi connectivity index (χ1v) is 38.9. The number of nitrogens with one attached hydrogen (secondary N) is 14. The molecule has 2 saturated heterocycles. The van der Waals surface area contributed by atoms with Crippen LogP contribution in [0.15, 0.2) is 133 Å². The van der Waals surface area contributed by atoms with E-state index in [1.54, 1.807) is 24.3 Å². The Morgan fingerprint density at radius 1 is 0.386 bits per heavy atom. The van der Waals surface area contributed by atoms with Crippen molar-refractivity contribution in [3.8, 4) is 11.5 Å². The van der Waals surface area contributed by atoms with Crippen LogP contribution in [0.2, 0.25) is 0 Å². The molecule has 2 fully saturated rings. The smallest absolute Gasteiger partial charge is 0.246 e. The number of phenols is 2. The topological polar surface area (TPSA) is 496 Å². The van der Waals surface area contributed by atoms with E-state index in [1.807, 2.05) is 84.9 Å². The molecule has 114 heavy (non-hydrogen) atoms. The molecule has 0 spiro atoms. The molecule has 2 aliphatic heterocycles. The Labute approximate surface area is 662 Å². The highest BCUT2D eigenvalue weighted by molar-refractivity contribution is 5.99. The monoisotopic (exact) mass is 1570 g/mol. The van der Waals surface area contributed by atoms with Crippen molar-refractivity contribution in [3.63, 3.8) is 0 Å². The lowest BCUT2D eigenvalue weighted by Gasteiger charge is -2.33. The highest BCUT2D eigenvalue weighted by Crippen LogP contribution is 2.22. The number of guanidine groups is 2. The molecular weight excluding hydrogens is 1460 g/mol. The third-order valence-electron chi connectivity index (χ3n) is 20.0. The highest BCUT2D eigenvalue weighted by atomic mass is 16.3. The minimum atomic E-state index is -1.26. The van der Waals surface area contributed by atoms with E-state index >= 15 is 0 Å². The number of rotatable bonds is 33. The minimum absolute atomic E-state index is 0.0191. The molecule has 0 aliphatic carbocycles. The van der Waals surface area contributed by atoms with Gasteiger partial charge < -0.3 is 95.3 Å². The number of phenolic OH excluding ortho intramolecular Hbond substituents is 2. The number of aromatic hydroxyl groups is 2. The Morgan fingerprint density at radius 3 is 1.10 bits per heavy atom. The van der Waals surface area contributed by atoms with Gasteiger partial charge in [-0.2, -0.15) is 0 Å². The summed E-state index contributed by atoms with van der Waals surface area (Å²) < 4.78 is 0. The number of carbonyl (C=O) groups is 12. The van der Waals surface area contributed by atoms with Crippen LogP contribution in [0.3, 0.4) is 0 Å². The van der Waals surface area contributed by atoms with Crippen LogP contribution in [0, 0.1) is 10.8 Å². The first-order chi connectivity index (χ1) is 54.8. The van der Waals surface area contributed by atoms with Crippen molar-refractivity contribution in [2.45, 2.75) is 178 Å². The molecule has 32 heteroatoms. The van der Waals surface area contributed by atoms with Crippen molar-refractivity contribution in [1.29, 1.82) is 10.8 Å². The summed E-state index contributed by atoms with van der Waals surface area (Å²) in [6.45, 7) is 2.86. The molecule has 0 radical (unpaired) electrons. The van der Waals surface area contributed by atoms with Crippen molar-refractivity contribution in [2.24, 2.45) is 11.5 Å². The average Bonchev–Trinajstić information content (AvgIpc) is 1.19. The molecule has 6 aromatic rings. The summed E-state index contributed by atoms with van der Waals surface area (Å²) in [5.74, 6) is -8.18. The van der Waals surface area contributed by atoms with Crippen molar-refractivity contribution >= 4 is 104 Å². The zero-order valence-electron chi connectivity index (χ0n) is 64.5. The van der Waals surface area contributed by atoms with Gasteiger partial charge in [0, 0.05) is 77.8 Å². The Hall–Kier alpha value is -12.4.